The van der Waals surface area contributed by atoms with Crippen LogP contribution in [0.15, 0.2) is 35.3 Å². The second kappa shape index (κ2) is 10.0. The Bertz CT molecular complexity index is 451. The van der Waals surface area contributed by atoms with Crippen molar-refractivity contribution in [1.82, 2.24) is 20.4 Å². The van der Waals surface area contributed by atoms with Gasteiger partial charge < -0.3 is 15.5 Å². The molecular weight excluding hydrogens is 389 g/mol. The lowest BCUT2D eigenvalue weighted by atomic mass is 10.2. The van der Waals surface area contributed by atoms with Crippen molar-refractivity contribution < 1.29 is 0 Å². The third-order valence-corrected chi connectivity index (χ3v) is 4.01. The average Bonchev–Trinajstić information content (AvgIpc) is 2.51. The summed E-state index contributed by atoms with van der Waals surface area (Å²) >= 11 is 0. The minimum atomic E-state index is 0. The smallest absolute Gasteiger partial charge is 0.191 e. The number of rotatable bonds is 4. The van der Waals surface area contributed by atoms with Crippen LogP contribution in [0, 0.1) is 0 Å². The Morgan fingerprint density at radius 1 is 1.18 bits per heavy atom. The van der Waals surface area contributed by atoms with Crippen LogP contribution in [0.3, 0.4) is 0 Å². The first-order valence-corrected chi connectivity index (χ1v) is 7.56. The van der Waals surface area contributed by atoms with Crippen LogP contribution in [0.1, 0.15) is 5.56 Å². The Morgan fingerprint density at radius 2 is 1.91 bits per heavy atom. The molecule has 1 atom stereocenters. The minimum absolute atomic E-state index is 0. The molecule has 0 aromatic heterocycles. The Balaban J connectivity index is 0.00000242. The summed E-state index contributed by atoms with van der Waals surface area (Å²) in [5.41, 5.74) is 1.26. The maximum Gasteiger partial charge on any atom is 0.191 e. The summed E-state index contributed by atoms with van der Waals surface area (Å²) in [6.45, 7) is 5.07. The SMILES string of the molecule is CN=C(NCc1ccccc1)NCC1CN(C)CCN1C.I. The molecule has 124 valence electrons. The number of hydrogen-bond donors (Lipinski definition) is 2. The summed E-state index contributed by atoms with van der Waals surface area (Å²) in [7, 11) is 6.19. The molecule has 1 heterocycles. The third kappa shape index (κ3) is 6.10. The standard InChI is InChI=1S/C16H27N5.HI/c1-17-16(18-11-14-7-5-4-6-8-14)19-12-15-13-20(2)9-10-21(15)3;/h4-8,15H,9-13H2,1-3H3,(H2,17,18,19);1H. The molecule has 1 aromatic carbocycles. The number of nitrogens with zero attached hydrogens (tertiary/aromatic N) is 3. The minimum Gasteiger partial charge on any atom is -0.355 e. The fourth-order valence-electron chi connectivity index (χ4n) is 2.54. The first kappa shape index (κ1) is 19.2. The van der Waals surface area contributed by atoms with Crippen LogP contribution in [-0.4, -0.2) is 69.1 Å². The van der Waals surface area contributed by atoms with Gasteiger partial charge in [-0.2, -0.15) is 0 Å². The van der Waals surface area contributed by atoms with Gasteiger partial charge in [0.15, 0.2) is 5.96 Å². The number of benzene rings is 1. The topological polar surface area (TPSA) is 42.9 Å². The maximum absolute atomic E-state index is 4.29. The molecule has 0 bridgehead atoms. The van der Waals surface area contributed by atoms with Crippen LogP contribution in [0.4, 0.5) is 0 Å². The lowest BCUT2D eigenvalue weighted by Crippen LogP contribution is -2.55. The normalized spacial score (nSPS) is 20.3. The highest BCUT2D eigenvalue weighted by Crippen LogP contribution is 2.04. The first-order chi connectivity index (χ1) is 10.2. The molecule has 1 fully saturated rings. The molecule has 1 unspecified atom stereocenters. The first-order valence-electron chi connectivity index (χ1n) is 7.56. The Kier molecular flexibility index (Phi) is 8.74. The van der Waals surface area contributed by atoms with Gasteiger partial charge in [0, 0.05) is 45.8 Å². The van der Waals surface area contributed by atoms with Gasteiger partial charge in [-0.25, -0.2) is 0 Å². The Morgan fingerprint density at radius 3 is 2.59 bits per heavy atom. The molecular formula is C16H28IN5. The van der Waals surface area contributed by atoms with Crippen molar-refractivity contribution in [3.63, 3.8) is 0 Å². The molecule has 0 amide bonds. The number of likely N-dealkylation sites (N-methyl/N-ethyl adjacent to an activating group) is 2. The molecule has 1 aliphatic rings. The number of halogens is 1. The summed E-state index contributed by atoms with van der Waals surface area (Å²) < 4.78 is 0. The van der Waals surface area contributed by atoms with Crippen LogP contribution < -0.4 is 10.6 Å². The number of hydrogen-bond acceptors (Lipinski definition) is 3. The van der Waals surface area contributed by atoms with E-state index < -0.39 is 0 Å². The van der Waals surface area contributed by atoms with E-state index in [2.05, 4.69) is 63.8 Å². The molecule has 0 radical (unpaired) electrons. The van der Waals surface area contributed by atoms with Gasteiger partial charge in [0.25, 0.3) is 0 Å². The van der Waals surface area contributed by atoms with Gasteiger partial charge in [-0.1, -0.05) is 30.3 Å². The van der Waals surface area contributed by atoms with Gasteiger partial charge >= 0.3 is 0 Å². The predicted molar refractivity (Wildman–Crippen MR) is 104 cm³/mol. The van der Waals surface area contributed by atoms with E-state index in [4.69, 9.17) is 0 Å². The molecule has 0 aliphatic carbocycles. The lowest BCUT2D eigenvalue weighted by molar-refractivity contribution is 0.116. The summed E-state index contributed by atoms with van der Waals surface area (Å²) in [4.78, 5) is 9.09. The fourth-order valence-corrected chi connectivity index (χ4v) is 2.54. The second-order valence-corrected chi connectivity index (χ2v) is 5.69. The van der Waals surface area contributed by atoms with E-state index in [1.807, 2.05) is 13.1 Å². The zero-order valence-corrected chi connectivity index (χ0v) is 16.1. The molecule has 6 heteroatoms. The molecule has 0 spiro atoms. The van der Waals surface area contributed by atoms with E-state index in [-0.39, 0.29) is 24.0 Å². The van der Waals surface area contributed by atoms with Crippen LogP contribution >= 0.6 is 24.0 Å². The second-order valence-electron chi connectivity index (χ2n) is 5.69. The highest BCUT2D eigenvalue weighted by Gasteiger charge is 2.21. The van der Waals surface area contributed by atoms with Crippen molar-refractivity contribution in [2.45, 2.75) is 12.6 Å². The molecule has 22 heavy (non-hydrogen) atoms. The van der Waals surface area contributed by atoms with Crippen molar-refractivity contribution in [1.29, 1.82) is 0 Å². The third-order valence-electron chi connectivity index (χ3n) is 4.01. The average molecular weight is 417 g/mol. The van der Waals surface area contributed by atoms with Crippen molar-refractivity contribution >= 4 is 29.9 Å². The predicted octanol–water partition coefficient (Wildman–Crippen LogP) is 1.22. The van der Waals surface area contributed by atoms with Crippen LogP contribution in [0.2, 0.25) is 0 Å². The quantitative estimate of drug-likeness (QED) is 0.439. The van der Waals surface area contributed by atoms with E-state index in [9.17, 15) is 0 Å². The van der Waals surface area contributed by atoms with Gasteiger partial charge in [0.05, 0.1) is 0 Å². The van der Waals surface area contributed by atoms with Gasteiger partial charge in [-0.15, -0.1) is 24.0 Å². The van der Waals surface area contributed by atoms with E-state index in [1.54, 1.807) is 0 Å². The van der Waals surface area contributed by atoms with Gasteiger partial charge in [0.1, 0.15) is 0 Å². The number of nitrogens with one attached hydrogen (secondary N) is 2. The zero-order chi connectivity index (χ0) is 15.1. The molecule has 2 N–H and O–H groups in total. The van der Waals surface area contributed by atoms with E-state index >= 15 is 0 Å². The van der Waals surface area contributed by atoms with Gasteiger partial charge in [-0.3, -0.25) is 9.89 Å². The van der Waals surface area contributed by atoms with E-state index in [1.165, 1.54) is 5.56 Å². The number of piperazine rings is 1. The molecule has 2 rings (SSSR count). The van der Waals surface area contributed by atoms with Crippen molar-refractivity contribution in [3.05, 3.63) is 35.9 Å². The monoisotopic (exact) mass is 417 g/mol. The Hall–Kier alpha value is -0.860. The van der Waals surface area contributed by atoms with Crippen molar-refractivity contribution in [2.75, 3.05) is 47.3 Å². The number of aliphatic imine (C=N–C) groups is 1. The summed E-state index contributed by atoms with van der Waals surface area (Å²) in [5.74, 6) is 0.862. The molecule has 1 saturated heterocycles. The van der Waals surface area contributed by atoms with E-state index in [0.29, 0.717) is 6.04 Å². The van der Waals surface area contributed by atoms with Crippen LogP contribution in [-0.2, 0) is 6.54 Å². The maximum atomic E-state index is 4.29. The summed E-state index contributed by atoms with van der Waals surface area (Å²) in [6, 6.07) is 10.9. The van der Waals surface area contributed by atoms with Crippen molar-refractivity contribution in [2.24, 2.45) is 4.99 Å². The molecule has 1 aliphatic heterocycles. The molecule has 5 nitrogen and oxygen atoms in total. The zero-order valence-electron chi connectivity index (χ0n) is 13.7. The molecule has 1 aromatic rings. The summed E-state index contributed by atoms with van der Waals surface area (Å²) in [5, 5.41) is 6.79. The number of guanidine groups is 1. The van der Waals surface area contributed by atoms with Gasteiger partial charge in [0.2, 0.25) is 0 Å². The van der Waals surface area contributed by atoms with Crippen molar-refractivity contribution in [3.8, 4) is 0 Å². The largest absolute Gasteiger partial charge is 0.355 e. The lowest BCUT2D eigenvalue weighted by Gasteiger charge is -2.37. The fraction of sp³-hybridized carbons (Fsp3) is 0.562. The van der Waals surface area contributed by atoms with Gasteiger partial charge in [-0.05, 0) is 19.7 Å². The van der Waals surface area contributed by atoms with Crippen LogP contribution in [0.25, 0.3) is 0 Å². The highest BCUT2D eigenvalue weighted by atomic mass is 127. The van der Waals surface area contributed by atoms with Crippen LogP contribution in [0.5, 0.6) is 0 Å². The highest BCUT2D eigenvalue weighted by molar-refractivity contribution is 14.0. The van der Waals surface area contributed by atoms with E-state index in [0.717, 1.165) is 38.7 Å². The summed E-state index contributed by atoms with van der Waals surface area (Å²) in [6.07, 6.45) is 0. The Labute approximate surface area is 151 Å². The molecule has 0 saturated carbocycles.